The maximum Gasteiger partial charge on any atom is 0.339 e. The van der Waals surface area contributed by atoms with E-state index in [1.807, 2.05) is 19.1 Å². The van der Waals surface area contributed by atoms with E-state index in [1.54, 1.807) is 18.2 Å². The standard InChI is InChI=1S/C16H17NO4/c1-9-4-5-11(17)8-12(9)10-6-13(16(18)19)15(21-3)14(7-10)20-2/h4-8H,17H2,1-3H3,(H,18,19). The monoisotopic (exact) mass is 287 g/mol. The van der Waals surface area contributed by atoms with Gasteiger partial charge in [0.15, 0.2) is 11.5 Å². The molecule has 0 spiro atoms. The van der Waals surface area contributed by atoms with Gasteiger partial charge in [0.1, 0.15) is 5.56 Å². The maximum atomic E-state index is 11.4. The van der Waals surface area contributed by atoms with Gasteiger partial charge in [0, 0.05) is 5.69 Å². The molecule has 0 saturated heterocycles. The van der Waals surface area contributed by atoms with Crippen LogP contribution in [0.3, 0.4) is 0 Å². The Balaban J connectivity index is 2.73. The second-order valence-electron chi connectivity index (χ2n) is 4.64. The van der Waals surface area contributed by atoms with Crippen LogP contribution in [0.2, 0.25) is 0 Å². The Morgan fingerprint density at radius 3 is 2.43 bits per heavy atom. The number of hydrogen-bond donors (Lipinski definition) is 2. The molecule has 0 heterocycles. The van der Waals surface area contributed by atoms with Crippen molar-refractivity contribution in [1.29, 1.82) is 0 Å². The van der Waals surface area contributed by atoms with Gasteiger partial charge in [-0.2, -0.15) is 0 Å². The van der Waals surface area contributed by atoms with Crippen molar-refractivity contribution in [3.05, 3.63) is 41.5 Å². The Labute approximate surface area is 122 Å². The molecule has 2 rings (SSSR count). The number of carboxylic acid groups (broad SMARTS) is 1. The number of nitrogens with two attached hydrogens (primary N) is 1. The average Bonchev–Trinajstić information content (AvgIpc) is 2.48. The summed E-state index contributed by atoms with van der Waals surface area (Å²) < 4.78 is 10.4. The first kappa shape index (κ1) is 14.7. The first-order valence-electron chi connectivity index (χ1n) is 6.33. The molecule has 0 unspecified atom stereocenters. The van der Waals surface area contributed by atoms with Gasteiger partial charge in [0.2, 0.25) is 0 Å². The van der Waals surface area contributed by atoms with Crippen molar-refractivity contribution in [2.45, 2.75) is 6.92 Å². The van der Waals surface area contributed by atoms with Crippen LogP contribution in [0.15, 0.2) is 30.3 Å². The fourth-order valence-electron chi connectivity index (χ4n) is 2.23. The molecule has 0 radical (unpaired) electrons. The molecule has 5 heteroatoms. The predicted octanol–water partition coefficient (Wildman–Crippen LogP) is 2.96. The van der Waals surface area contributed by atoms with Gasteiger partial charge in [-0.3, -0.25) is 0 Å². The first-order chi connectivity index (χ1) is 9.97. The number of rotatable bonds is 4. The molecule has 0 aliphatic rings. The van der Waals surface area contributed by atoms with E-state index in [9.17, 15) is 9.90 Å². The molecule has 21 heavy (non-hydrogen) atoms. The van der Waals surface area contributed by atoms with E-state index < -0.39 is 5.97 Å². The van der Waals surface area contributed by atoms with E-state index in [-0.39, 0.29) is 11.3 Å². The summed E-state index contributed by atoms with van der Waals surface area (Å²) in [5, 5.41) is 9.35. The molecule has 0 fully saturated rings. The van der Waals surface area contributed by atoms with Crippen LogP contribution < -0.4 is 15.2 Å². The van der Waals surface area contributed by atoms with Gasteiger partial charge in [0.25, 0.3) is 0 Å². The number of carboxylic acids is 1. The second kappa shape index (κ2) is 5.75. The van der Waals surface area contributed by atoms with Crippen molar-refractivity contribution in [1.82, 2.24) is 0 Å². The van der Waals surface area contributed by atoms with Gasteiger partial charge in [-0.25, -0.2) is 4.79 Å². The zero-order valence-electron chi connectivity index (χ0n) is 12.1. The Kier molecular flexibility index (Phi) is 4.03. The zero-order chi connectivity index (χ0) is 15.6. The van der Waals surface area contributed by atoms with Crippen molar-refractivity contribution < 1.29 is 19.4 Å². The van der Waals surface area contributed by atoms with Crippen molar-refractivity contribution in [3.63, 3.8) is 0 Å². The molecule has 0 aliphatic carbocycles. The van der Waals surface area contributed by atoms with E-state index >= 15 is 0 Å². The smallest absolute Gasteiger partial charge is 0.339 e. The number of aryl methyl sites for hydroxylation is 1. The molecule has 2 aromatic carbocycles. The summed E-state index contributed by atoms with van der Waals surface area (Å²) in [6, 6.07) is 8.81. The highest BCUT2D eigenvalue weighted by atomic mass is 16.5. The summed E-state index contributed by atoms with van der Waals surface area (Å²) in [5.74, 6) is -0.502. The lowest BCUT2D eigenvalue weighted by Crippen LogP contribution is -2.03. The van der Waals surface area contributed by atoms with Crippen molar-refractivity contribution in [3.8, 4) is 22.6 Å². The second-order valence-corrected chi connectivity index (χ2v) is 4.64. The van der Waals surface area contributed by atoms with E-state index in [2.05, 4.69) is 0 Å². The van der Waals surface area contributed by atoms with Crippen LogP contribution in [0.25, 0.3) is 11.1 Å². The average molecular weight is 287 g/mol. The lowest BCUT2D eigenvalue weighted by molar-refractivity contribution is 0.0692. The highest BCUT2D eigenvalue weighted by Gasteiger charge is 2.19. The minimum atomic E-state index is -1.08. The Hall–Kier alpha value is -2.69. The maximum absolute atomic E-state index is 11.4. The van der Waals surface area contributed by atoms with Crippen LogP contribution in [-0.2, 0) is 0 Å². The van der Waals surface area contributed by atoms with Crippen LogP contribution in [0.4, 0.5) is 5.69 Å². The summed E-state index contributed by atoms with van der Waals surface area (Å²) in [6.45, 7) is 1.94. The fraction of sp³-hybridized carbons (Fsp3) is 0.188. The fourth-order valence-corrected chi connectivity index (χ4v) is 2.23. The van der Waals surface area contributed by atoms with E-state index in [0.717, 1.165) is 16.7 Å². The number of nitrogen functional groups attached to an aromatic ring is 1. The van der Waals surface area contributed by atoms with E-state index in [1.165, 1.54) is 14.2 Å². The molecular formula is C16H17NO4. The van der Waals surface area contributed by atoms with Gasteiger partial charge in [-0.05, 0) is 47.9 Å². The molecule has 0 saturated carbocycles. The molecule has 5 nitrogen and oxygen atoms in total. The van der Waals surface area contributed by atoms with Gasteiger partial charge in [0.05, 0.1) is 14.2 Å². The minimum absolute atomic E-state index is 0.0497. The third-order valence-corrected chi connectivity index (χ3v) is 3.28. The predicted molar refractivity (Wildman–Crippen MR) is 81.1 cm³/mol. The topological polar surface area (TPSA) is 81.8 Å². The van der Waals surface area contributed by atoms with Crippen molar-refractivity contribution in [2.75, 3.05) is 20.0 Å². The van der Waals surface area contributed by atoms with Crippen LogP contribution in [-0.4, -0.2) is 25.3 Å². The molecule has 0 aromatic heterocycles. The normalized spacial score (nSPS) is 10.2. The van der Waals surface area contributed by atoms with Crippen LogP contribution in [0, 0.1) is 6.92 Å². The van der Waals surface area contributed by atoms with Gasteiger partial charge in [-0.15, -0.1) is 0 Å². The Bertz CT molecular complexity index is 695. The summed E-state index contributed by atoms with van der Waals surface area (Å²) in [7, 11) is 2.88. The third-order valence-electron chi connectivity index (χ3n) is 3.28. The molecule has 0 amide bonds. The number of hydrogen-bond acceptors (Lipinski definition) is 4. The van der Waals surface area contributed by atoms with Gasteiger partial charge >= 0.3 is 5.97 Å². The number of carbonyl (C=O) groups is 1. The molecular weight excluding hydrogens is 270 g/mol. The van der Waals surface area contributed by atoms with Gasteiger partial charge in [-0.1, -0.05) is 6.07 Å². The summed E-state index contributed by atoms with van der Waals surface area (Å²) >= 11 is 0. The van der Waals surface area contributed by atoms with E-state index in [4.69, 9.17) is 15.2 Å². The number of benzene rings is 2. The highest BCUT2D eigenvalue weighted by molar-refractivity contribution is 5.94. The molecule has 110 valence electrons. The lowest BCUT2D eigenvalue weighted by Gasteiger charge is -2.14. The van der Waals surface area contributed by atoms with Crippen molar-refractivity contribution in [2.24, 2.45) is 0 Å². The molecule has 2 aromatic rings. The number of ether oxygens (including phenoxy) is 2. The van der Waals surface area contributed by atoms with E-state index in [0.29, 0.717) is 11.4 Å². The number of methoxy groups -OCH3 is 2. The summed E-state index contributed by atoms with van der Waals surface area (Å²) in [6.07, 6.45) is 0. The Morgan fingerprint density at radius 1 is 1.14 bits per heavy atom. The SMILES string of the molecule is COc1cc(-c2cc(N)ccc2C)cc(C(=O)O)c1OC. The summed E-state index contributed by atoms with van der Waals surface area (Å²) in [5.41, 5.74) is 9.05. The summed E-state index contributed by atoms with van der Waals surface area (Å²) in [4.78, 5) is 11.4. The third kappa shape index (κ3) is 2.76. The van der Waals surface area contributed by atoms with Crippen LogP contribution in [0.1, 0.15) is 15.9 Å². The van der Waals surface area contributed by atoms with Gasteiger partial charge < -0.3 is 20.3 Å². The minimum Gasteiger partial charge on any atom is -0.493 e. The zero-order valence-corrected chi connectivity index (χ0v) is 12.1. The number of aromatic carboxylic acids is 1. The lowest BCUT2D eigenvalue weighted by atomic mass is 9.97. The Morgan fingerprint density at radius 2 is 1.86 bits per heavy atom. The first-order valence-corrected chi connectivity index (χ1v) is 6.33. The molecule has 0 bridgehead atoms. The highest BCUT2D eigenvalue weighted by Crippen LogP contribution is 2.37. The molecule has 0 aliphatic heterocycles. The molecule has 3 N–H and O–H groups in total. The molecule has 0 atom stereocenters. The quantitative estimate of drug-likeness (QED) is 0.845. The van der Waals surface area contributed by atoms with Crippen LogP contribution >= 0.6 is 0 Å². The van der Waals surface area contributed by atoms with Crippen molar-refractivity contribution >= 4 is 11.7 Å². The largest absolute Gasteiger partial charge is 0.493 e. The van der Waals surface area contributed by atoms with Crippen LogP contribution in [0.5, 0.6) is 11.5 Å². The number of anilines is 1.